The van der Waals surface area contributed by atoms with Crippen molar-refractivity contribution in [2.24, 2.45) is 5.73 Å². The second-order valence-corrected chi connectivity index (χ2v) is 4.57. The highest BCUT2D eigenvalue weighted by atomic mass is 16.1. The Labute approximate surface area is 124 Å². The summed E-state index contributed by atoms with van der Waals surface area (Å²) in [5.74, 6) is 5.62. The van der Waals surface area contributed by atoms with Crippen LogP contribution in [0, 0.1) is 25.7 Å². The molecule has 0 atom stereocenters. The topological polar surface area (TPSA) is 68.0 Å². The van der Waals surface area contributed by atoms with E-state index >= 15 is 0 Å². The van der Waals surface area contributed by atoms with Gasteiger partial charge in [0.15, 0.2) is 0 Å². The Morgan fingerprint density at radius 2 is 2.10 bits per heavy atom. The molecule has 0 aliphatic rings. The third-order valence-corrected chi connectivity index (χ3v) is 3.16. The summed E-state index contributed by atoms with van der Waals surface area (Å²) < 4.78 is 0. The molecule has 1 amide bonds. The predicted molar refractivity (Wildman–Crippen MR) is 84.0 cm³/mol. The number of aromatic nitrogens is 1. The number of amides is 1. The van der Waals surface area contributed by atoms with Gasteiger partial charge in [-0.3, -0.25) is 9.78 Å². The van der Waals surface area contributed by atoms with Gasteiger partial charge in [0.1, 0.15) is 0 Å². The molecule has 1 heterocycles. The van der Waals surface area contributed by atoms with E-state index in [-0.39, 0.29) is 5.91 Å². The summed E-state index contributed by atoms with van der Waals surface area (Å²) >= 11 is 0. The number of anilines is 1. The molecule has 4 nitrogen and oxygen atoms in total. The minimum absolute atomic E-state index is 0.167. The van der Waals surface area contributed by atoms with Crippen LogP contribution in [0.25, 0.3) is 0 Å². The summed E-state index contributed by atoms with van der Waals surface area (Å²) in [6.45, 7) is 4.03. The molecule has 0 radical (unpaired) electrons. The monoisotopic (exact) mass is 279 g/mol. The molecule has 1 aromatic carbocycles. The molecular formula is C17H17N3O. The summed E-state index contributed by atoms with van der Waals surface area (Å²) in [4.78, 5) is 16.6. The first-order valence-corrected chi connectivity index (χ1v) is 6.65. The molecule has 0 unspecified atom stereocenters. The fraction of sp³-hybridized carbons (Fsp3) is 0.176. The van der Waals surface area contributed by atoms with Crippen molar-refractivity contribution in [2.45, 2.75) is 13.8 Å². The molecule has 0 aliphatic heterocycles. The van der Waals surface area contributed by atoms with Crippen LogP contribution < -0.4 is 11.1 Å². The van der Waals surface area contributed by atoms with E-state index in [0.29, 0.717) is 17.8 Å². The summed E-state index contributed by atoms with van der Waals surface area (Å²) in [7, 11) is 0. The molecule has 0 fully saturated rings. The maximum absolute atomic E-state index is 12.4. The van der Waals surface area contributed by atoms with Crippen molar-refractivity contribution in [3.05, 3.63) is 58.9 Å². The van der Waals surface area contributed by atoms with Gasteiger partial charge in [0.05, 0.1) is 17.9 Å². The molecule has 4 heteroatoms. The summed E-state index contributed by atoms with van der Waals surface area (Å²) in [6.07, 6.45) is 1.69. The smallest absolute Gasteiger partial charge is 0.256 e. The first kappa shape index (κ1) is 14.8. The fourth-order valence-corrected chi connectivity index (χ4v) is 1.97. The molecule has 21 heavy (non-hydrogen) atoms. The van der Waals surface area contributed by atoms with Crippen molar-refractivity contribution in [1.29, 1.82) is 0 Å². The van der Waals surface area contributed by atoms with Gasteiger partial charge in [0, 0.05) is 17.3 Å². The highest BCUT2D eigenvalue weighted by molar-refractivity contribution is 6.05. The lowest BCUT2D eigenvalue weighted by molar-refractivity contribution is 0.102. The second kappa shape index (κ2) is 6.69. The standard InChI is InChI=1S/C17H17N3O/c1-12-14(7-4-10-18)6-3-8-15(12)17(21)20-16-9-5-11-19-13(16)2/h3,5-6,8-9,11H,10,18H2,1-2H3,(H,20,21). The highest BCUT2D eigenvalue weighted by Gasteiger charge is 2.12. The van der Waals surface area contributed by atoms with E-state index in [1.807, 2.05) is 32.0 Å². The zero-order valence-corrected chi connectivity index (χ0v) is 12.1. The maximum atomic E-state index is 12.4. The minimum Gasteiger partial charge on any atom is -0.320 e. The van der Waals surface area contributed by atoms with E-state index in [4.69, 9.17) is 5.73 Å². The first-order valence-electron chi connectivity index (χ1n) is 6.65. The molecule has 2 aromatic rings. The summed E-state index contributed by atoms with van der Waals surface area (Å²) in [5.41, 5.74) is 9.13. The van der Waals surface area contributed by atoms with Crippen LogP contribution in [0.4, 0.5) is 5.69 Å². The largest absolute Gasteiger partial charge is 0.320 e. The van der Waals surface area contributed by atoms with Gasteiger partial charge in [0.25, 0.3) is 5.91 Å². The average Bonchev–Trinajstić information content (AvgIpc) is 2.48. The molecule has 0 spiro atoms. The Morgan fingerprint density at radius 3 is 2.81 bits per heavy atom. The van der Waals surface area contributed by atoms with E-state index in [1.54, 1.807) is 18.3 Å². The van der Waals surface area contributed by atoms with Crippen LogP contribution in [-0.2, 0) is 0 Å². The lowest BCUT2D eigenvalue weighted by Gasteiger charge is -2.10. The average molecular weight is 279 g/mol. The number of nitrogens with zero attached hydrogens (tertiary/aromatic N) is 1. The van der Waals surface area contributed by atoms with E-state index in [0.717, 1.165) is 16.8 Å². The molecule has 0 saturated heterocycles. The number of carbonyl (C=O) groups is 1. The number of hydrogen-bond donors (Lipinski definition) is 2. The van der Waals surface area contributed by atoms with Crippen LogP contribution in [0.15, 0.2) is 36.5 Å². The van der Waals surface area contributed by atoms with Crippen LogP contribution in [0.3, 0.4) is 0 Å². The number of aryl methyl sites for hydroxylation is 1. The summed E-state index contributed by atoms with van der Waals surface area (Å²) in [6, 6.07) is 9.10. The van der Waals surface area contributed by atoms with Crippen molar-refractivity contribution in [2.75, 3.05) is 11.9 Å². The second-order valence-electron chi connectivity index (χ2n) is 4.57. The molecule has 0 bridgehead atoms. The molecule has 0 aliphatic carbocycles. The molecule has 3 N–H and O–H groups in total. The number of carbonyl (C=O) groups excluding carboxylic acids is 1. The van der Waals surface area contributed by atoms with Crippen LogP contribution in [0.5, 0.6) is 0 Å². The molecular weight excluding hydrogens is 262 g/mol. The van der Waals surface area contributed by atoms with E-state index in [9.17, 15) is 4.79 Å². The van der Waals surface area contributed by atoms with E-state index in [2.05, 4.69) is 22.1 Å². The lowest BCUT2D eigenvalue weighted by atomic mass is 10.0. The van der Waals surface area contributed by atoms with Crippen molar-refractivity contribution in [1.82, 2.24) is 4.98 Å². The number of nitrogens with two attached hydrogens (primary N) is 1. The predicted octanol–water partition coefficient (Wildman–Crippen LogP) is 2.26. The van der Waals surface area contributed by atoms with Crippen LogP contribution in [-0.4, -0.2) is 17.4 Å². The first-order chi connectivity index (χ1) is 10.1. The zero-order valence-electron chi connectivity index (χ0n) is 12.1. The minimum atomic E-state index is -0.167. The van der Waals surface area contributed by atoms with Gasteiger partial charge in [-0.05, 0) is 43.7 Å². The van der Waals surface area contributed by atoms with Crippen LogP contribution in [0.1, 0.15) is 27.2 Å². The Bertz CT molecular complexity index is 726. The van der Waals surface area contributed by atoms with E-state index < -0.39 is 0 Å². The van der Waals surface area contributed by atoms with Gasteiger partial charge in [-0.1, -0.05) is 17.9 Å². The van der Waals surface area contributed by atoms with Crippen LogP contribution in [0.2, 0.25) is 0 Å². The maximum Gasteiger partial charge on any atom is 0.256 e. The Morgan fingerprint density at radius 1 is 1.29 bits per heavy atom. The number of nitrogens with one attached hydrogen (secondary N) is 1. The molecule has 106 valence electrons. The number of pyridine rings is 1. The van der Waals surface area contributed by atoms with Crippen molar-refractivity contribution < 1.29 is 4.79 Å². The number of benzene rings is 1. The van der Waals surface area contributed by atoms with Crippen molar-refractivity contribution >= 4 is 11.6 Å². The van der Waals surface area contributed by atoms with E-state index in [1.165, 1.54) is 0 Å². The Balaban J connectivity index is 2.30. The van der Waals surface area contributed by atoms with Gasteiger partial charge in [-0.25, -0.2) is 0 Å². The lowest BCUT2D eigenvalue weighted by Crippen LogP contribution is -2.15. The third kappa shape index (κ3) is 3.47. The van der Waals surface area contributed by atoms with Crippen molar-refractivity contribution in [3.63, 3.8) is 0 Å². The zero-order chi connectivity index (χ0) is 15.2. The third-order valence-electron chi connectivity index (χ3n) is 3.16. The van der Waals surface area contributed by atoms with Gasteiger partial charge in [-0.15, -0.1) is 0 Å². The van der Waals surface area contributed by atoms with Crippen LogP contribution >= 0.6 is 0 Å². The van der Waals surface area contributed by atoms with Crippen molar-refractivity contribution in [3.8, 4) is 11.8 Å². The van der Waals surface area contributed by atoms with Gasteiger partial charge < -0.3 is 11.1 Å². The Kier molecular flexibility index (Phi) is 4.70. The Hall–Kier alpha value is -2.64. The summed E-state index contributed by atoms with van der Waals surface area (Å²) in [5, 5.41) is 2.88. The van der Waals surface area contributed by atoms with Gasteiger partial charge in [0.2, 0.25) is 0 Å². The molecule has 1 aromatic heterocycles. The number of rotatable bonds is 2. The van der Waals surface area contributed by atoms with Gasteiger partial charge >= 0.3 is 0 Å². The number of hydrogen-bond acceptors (Lipinski definition) is 3. The SMILES string of the molecule is Cc1ncccc1NC(=O)c1cccc(C#CCN)c1C. The highest BCUT2D eigenvalue weighted by Crippen LogP contribution is 2.16. The molecule has 0 saturated carbocycles. The van der Waals surface area contributed by atoms with Gasteiger partial charge in [-0.2, -0.15) is 0 Å². The quantitative estimate of drug-likeness (QED) is 0.829. The molecule has 2 rings (SSSR count). The normalized spacial score (nSPS) is 9.67. The fourth-order valence-electron chi connectivity index (χ4n) is 1.97.